The molecule has 2 aliphatic rings. The number of piperidine rings is 2. The third-order valence-electron chi connectivity index (χ3n) is 5.57. The van der Waals surface area contributed by atoms with Gasteiger partial charge in [-0.15, -0.1) is 0 Å². The highest BCUT2D eigenvalue weighted by Crippen LogP contribution is 2.42. The van der Waals surface area contributed by atoms with Crippen LogP contribution in [0, 0.1) is 11.2 Å². The van der Waals surface area contributed by atoms with Crippen molar-refractivity contribution in [1.29, 1.82) is 0 Å². The zero-order chi connectivity index (χ0) is 18.9. The first-order valence-electron chi connectivity index (χ1n) is 9.35. The first-order chi connectivity index (χ1) is 12.2. The maximum Gasteiger partial charge on any atom is 0.410 e. The van der Waals surface area contributed by atoms with E-state index in [1.807, 2.05) is 25.7 Å². The number of hydrogen-bond acceptors (Lipinski definition) is 3. The van der Waals surface area contributed by atoms with Gasteiger partial charge in [-0.1, -0.05) is 11.6 Å². The molecule has 3 rings (SSSR count). The van der Waals surface area contributed by atoms with E-state index in [2.05, 4.69) is 4.90 Å². The SMILES string of the molecule is CC(C)(C)OC(=O)N1CCC2(CC1)CCN(c1ccc(F)c(Cl)c1)CC2. The van der Waals surface area contributed by atoms with Crippen LogP contribution in [0.2, 0.25) is 5.02 Å². The minimum atomic E-state index is -0.450. The molecule has 0 bridgehead atoms. The Balaban J connectivity index is 1.53. The summed E-state index contributed by atoms with van der Waals surface area (Å²) in [5.74, 6) is -0.376. The molecule has 0 unspecified atom stereocenters. The first-order valence-corrected chi connectivity index (χ1v) is 9.73. The Bertz CT molecular complexity index is 656. The third-order valence-corrected chi connectivity index (χ3v) is 5.86. The van der Waals surface area contributed by atoms with Gasteiger partial charge in [-0.25, -0.2) is 9.18 Å². The smallest absolute Gasteiger partial charge is 0.410 e. The lowest BCUT2D eigenvalue weighted by molar-refractivity contribution is 0.00666. The number of rotatable bonds is 1. The number of carbonyl (C=O) groups excluding carboxylic acids is 1. The van der Waals surface area contributed by atoms with E-state index >= 15 is 0 Å². The lowest BCUT2D eigenvalue weighted by Crippen LogP contribution is -2.49. The molecule has 0 saturated carbocycles. The molecule has 0 radical (unpaired) electrons. The number of ether oxygens (including phenoxy) is 1. The number of carbonyl (C=O) groups is 1. The minimum absolute atomic E-state index is 0.174. The standard InChI is InChI=1S/C20H28ClFN2O2/c1-19(2,3)26-18(25)24-12-8-20(9-13-24)6-10-23(11-7-20)15-4-5-17(22)16(21)14-15/h4-5,14H,6-13H2,1-3H3. The van der Waals surface area contributed by atoms with Gasteiger partial charge in [-0.2, -0.15) is 0 Å². The van der Waals surface area contributed by atoms with E-state index in [9.17, 15) is 9.18 Å². The highest BCUT2D eigenvalue weighted by molar-refractivity contribution is 6.31. The molecule has 1 spiro atoms. The van der Waals surface area contributed by atoms with E-state index in [0.717, 1.165) is 57.5 Å². The van der Waals surface area contributed by atoms with Crippen LogP contribution in [-0.2, 0) is 4.74 Å². The predicted molar refractivity (Wildman–Crippen MR) is 102 cm³/mol. The van der Waals surface area contributed by atoms with Crippen LogP contribution < -0.4 is 4.90 Å². The van der Waals surface area contributed by atoms with Gasteiger partial charge in [0.15, 0.2) is 0 Å². The van der Waals surface area contributed by atoms with Crippen molar-refractivity contribution in [3.63, 3.8) is 0 Å². The summed E-state index contributed by atoms with van der Waals surface area (Å²) in [6.07, 6.45) is 4.01. The lowest BCUT2D eigenvalue weighted by atomic mass is 9.71. The van der Waals surface area contributed by atoms with Gasteiger partial charge in [0.2, 0.25) is 0 Å². The molecule has 144 valence electrons. The van der Waals surface area contributed by atoms with Gasteiger partial charge >= 0.3 is 6.09 Å². The van der Waals surface area contributed by atoms with Crippen molar-refractivity contribution >= 4 is 23.4 Å². The minimum Gasteiger partial charge on any atom is -0.444 e. The van der Waals surface area contributed by atoms with Crippen LogP contribution in [0.3, 0.4) is 0 Å². The zero-order valence-corrected chi connectivity index (χ0v) is 16.6. The van der Waals surface area contributed by atoms with Gasteiger partial charge in [0.1, 0.15) is 11.4 Å². The summed E-state index contributed by atoms with van der Waals surface area (Å²) in [6, 6.07) is 4.94. The Morgan fingerprint density at radius 3 is 2.23 bits per heavy atom. The van der Waals surface area contributed by atoms with Gasteiger partial charge < -0.3 is 14.5 Å². The van der Waals surface area contributed by atoms with Gasteiger partial charge in [0.05, 0.1) is 5.02 Å². The van der Waals surface area contributed by atoms with E-state index in [1.54, 1.807) is 12.1 Å². The van der Waals surface area contributed by atoms with Crippen LogP contribution in [0.1, 0.15) is 46.5 Å². The zero-order valence-electron chi connectivity index (χ0n) is 15.9. The number of benzene rings is 1. The summed E-state index contributed by atoms with van der Waals surface area (Å²) in [6.45, 7) is 9.09. The summed E-state index contributed by atoms with van der Waals surface area (Å²) in [5.41, 5.74) is 0.838. The number of likely N-dealkylation sites (tertiary alicyclic amines) is 1. The molecular formula is C20H28ClFN2O2. The van der Waals surface area contributed by atoms with E-state index < -0.39 is 5.60 Å². The Hall–Kier alpha value is -1.49. The summed E-state index contributed by atoms with van der Waals surface area (Å²) in [4.78, 5) is 16.3. The van der Waals surface area contributed by atoms with Crippen LogP contribution in [0.5, 0.6) is 0 Å². The third kappa shape index (κ3) is 4.43. The fourth-order valence-corrected chi connectivity index (χ4v) is 4.09. The Kier molecular flexibility index (Phi) is 5.38. The molecular weight excluding hydrogens is 355 g/mol. The monoisotopic (exact) mass is 382 g/mol. The molecule has 2 aliphatic heterocycles. The molecule has 1 amide bonds. The van der Waals surface area contributed by atoms with Gasteiger partial charge in [0.25, 0.3) is 0 Å². The second-order valence-electron chi connectivity index (χ2n) is 8.55. The summed E-state index contributed by atoms with van der Waals surface area (Å²) in [5, 5.41) is 0.174. The highest BCUT2D eigenvalue weighted by atomic mass is 35.5. The average Bonchev–Trinajstić information content (AvgIpc) is 2.57. The molecule has 0 N–H and O–H groups in total. The van der Waals surface area contributed by atoms with Crippen molar-refractivity contribution in [2.75, 3.05) is 31.1 Å². The highest BCUT2D eigenvalue weighted by Gasteiger charge is 2.39. The fraction of sp³-hybridized carbons (Fsp3) is 0.650. The summed E-state index contributed by atoms with van der Waals surface area (Å²) < 4.78 is 18.8. The van der Waals surface area contributed by atoms with E-state index in [1.165, 1.54) is 6.07 Å². The molecule has 0 atom stereocenters. The molecule has 2 saturated heterocycles. The van der Waals surface area contributed by atoms with Crippen molar-refractivity contribution in [2.45, 2.75) is 52.1 Å². The van der Waals surface area contributed by atoms with Crippen molar-refractivity contribution in [3.05, 3.63) is 29.0 Å². The lowest BCUT2D eigenvalue weighted by Gasteiger charge is -2.47. The average molecular weight is 383 g/mol. The predicted octanol–water partition coefficient (Wildman–Crippen LogP) is 5.10. The molecule has 2 heterocycles. The normalized spacial score (nSPS) is 20.3. The Labute approximate surface area is 160 Å². The van der Waals surface area contributed by atoms with Crippen molar-refractivity contribution in [3.8, 4) is 0 Å². The number of anilines is 1. The van der Waals surface area contributed by atoms with Crippen molar-refractivity contribution in [1.82, 2.24) is 4.90 Å². The van der Waals surface area contributed by atoms with Crippen molar-refractivity contribution < 1.29 is 13.9 Å². The second-order valence-corrected chi connectivity index (χ2v) is 8.96. The number of amides is 1. The van der Waals surface area contributed by atoms with Gasteiger partial charge in [-0.05, 0) is 70.1 Å². The van der Waals surface area contributed by atoms with Crippen molar-refractivity contribution in [2.24, 2.45) is 5.41 Å². The Morgan fingerprint density at radius 1 is 1.12 bits per heavy atom. The number of hydrogen-bond donors (Lipinski definition) is 0. The van der Waals surface area contributed by atoms with Crippen LogP contribution in [-0.4, -0.2) is 42.8 Å². The number of halogens is 2. The second kappa shape index (κ2) is 7.26. The summed E-state index contributed by atoms with van der Waals surface area (Å²) >= 11 is 5.92. The summed E-state index contributed by atoms with van der Waals surface area (Å²) in [7, 11) is 0. The molecule has 1 aromatic rings. The maximum atomic E-state index is 13.4. The van der Waals surface area contributed by atoms with E-state index in [4.69, 9.17) is 16.3 Å². The molecule has 0 aliphatic carbocycles. The molecule has 26 heavy (non-hydrogen) atoms. The molecule has 4 nitrogen and oxygen atoms in total. The number of nitrogens with zero attached hydrogens (tertiary/aromatic N) is 2. The van der Waals surface area contributed by atoms with E-state index in [-0.39, 0.29) is 16.9 Å². The molecule has 6 heteroatoms. The van der Waals surface area contributed by atoms with E-state index in [0.29, 0.717) is 5.41 Å². The topological polar surface area (TPSA) is 32.8 Å². The van der Waals surface area contributed by atoms with Crippen LogP contribution in [0.4, 0.5) is 14.9 Å². The molecule has 0 aromatic heterocycles. The largest absolute Gasteiger partial charge is 0.444 e. The molecule has 1 aromatic carbocycles. The van der Waals surface area contributed by atoms with Crippen LogP contribution in [0.15, 0.2) is 18.2 Å². The fourth-order valence-electron chi connectivity index (χ4n) is 3.91. The molecule has 2 fully saturated rings. The quantitative estimate of drug-likeness (QED) is 0.677. The Morgan fingerprint density at radius 2 is 1.69 bits per heavy atom. The maximum absolute atomic E-state index is 13.4. The van der Waals surface area contributed by atoms with Crippen LogP contribution >= 0.6 is 11.6 Å². The van der Waals surface area contributed by atoms with Crippen LogP contribution in [0.25, 0.3) is 0 Å². The first kappa shape index (κ1) is 19.3. The van der Waals surface area contributed by atoms with Gasteiger partial charge in [-0.3, -0.25) is 0 Å². The van der Waals surface area contributed by atoms with Gasteiger partial charge in [0, 0.05) is 31.9 Å².